The second kappa shape index (κ2) is 9.64. The van der Waals surface area contributed by atoms with E-state index in [1.54, 1.807) is 42.7 Å². The fourth-order valence-corrected chi connectivity index (χ4v) is 3.56. The lowest BCUT2D eigenvalue weighted by molar-refractivity contribution is 1.02. The number of anilines is 2. The molecule has 3 heterocycles. The number of pyridine rings is 1. The van der Waals surface area contributed by atoms with Gasteiger partial charge in [-0.15, -0.1) is 0 Å². The summed E-state index contributed by atoms with van der Waals surface area (Å²) < 4.78 is 0. The van der Waals surface area contributed by atoms with Crippen molar-refractivity contribution in [1.82, 2.24) is 24.9 Å². The van der Waals surface area contributed by atoms with Crippen molar-refractivity contribution in [2.75, 3.05) is 23.7 Å². The molecule has 4 rings (SSSR count). The van der Waals surface area contributed by atoms with Gasteiger partial charge in [0.05, 0.1) is 16.8 Å². The summed E-state index contributed by atoms with van der Waals surface area (Å²) in [6, 6.07) is 10.8. The Labute approximate surface area is 194 Å². The summed E-state index contributed by atoms with van der Waals surface area (Å²) in [4.78, 5) is 20.9. The molecule has 0 saturated carbocycles. The smallest absolute Gasteiger partial charge is 0.223 e. The minimum absolute atomic E-state index is 0.456. The van der Waals surface area contributed by atoms with Crippen LogP contribution in [0.15, 0.2) is 48.9 Å². The van der Waals surface area contributed by atoms with Crippen molar-refractivity contribution in [1.29, 1.82) is 5.26 Å². The van der Waals surface area contributed by atoms with E-state index in [0.29, 0.717) is 52.0 Å². The average Bonchev–Trinajstić information content (AvgIpc) is 3.22. The maximum absolute atomic E-state index is 8.84. The van der Waals surface area contributed by atoms with Gasteiger partial charge in [-0.05, 0) is 37.3 Å². The molecule has 0 aliphatic carbocycles. The number of halogens is 2. The number of hydrogen-bond donors (Lipinski definition) is 3. The topological polar surface area (TPSA) is 115 Å². The fraction of sp³-hybridized carbons (Fsp3) is 0.136. The van der Waals surface area contributed by atoms with E-state index in [2.05, 4.69) is 30.6 Å². The van der Waals surface area contributed by atoms with Crippen LogP contribution in [0.1, 0.15) is 11.3 Å². The first-order chi connectivity index (χ1) is 15.5. The molecule has 32 heavy (non-hydrogen) atoms. The van der Waals surface area contributed by atoms with Crippen molar-refractivity contribution in [3.05, 3.63) is 70.2 Å². The van der Waals surface area contributed by atoms with Crippen molar-refractivity contribution in [3.63, 3.8) is 0 Å². The molecule has 10 heteroatoms. The predicted molar refractivity (Wildman–Crippen MR) is 126 cm³/mol. The SMILES string of the molecule is Cc1cnc(-c2cnc(NCCNc3ccc(C#N)cn3)nc2-c2cc(Cl)cc(Cl)c2)[nH]1. The van der Waals surface area contributed by atoms with Crippen LogP contribution in [0.3, 0.4) is 0 Å². The van der Waals surface area contributed by atoms with Gasteiger partial charge in [-0.2, -0.15) is 5.26 Å². The largest absolute Gasteiger partial charge is 0.368 e. The molecule has 0 bridgehead atoms. The van der Waals surface area contributed by atoms with Gasteiger partial charge in [0.15, 0.2) is 0 Å². The van der Waals surface area contributed by atoms with Gasteiger partial charge >= 0.3 is 0 Å². The summed E-state index contributed by atoms with van der Waals surface area (Å²) in [5.74, 6) is 1.80. The van der Waals surface area contributed by atoms with Crippen LogP contribution in [0.4, 0.5) is 11.8 Å². The van der Waals surface area contributed by atoms with Gasteiger partial charge < -0.3 is 15.6 Å². The first-order valence-corrected chi connectivity index (χ1v) is 10.5. The van der Waals surface area contributed by atoms with E-state index in [-0.39, 0.29) is 0 Å². The quantitative estimate of drug-likeness (QED) is 0.331. The number of nitrogens with one attached hydrogen (secondary N) is 3. The van der Waals surface area contributed by atoms with E-state index in [4.69, 9.17) is 33.4 Å². The number of aromatic amines is 1. The molecule has 0 amide bonds. The molecule has 1 aromatic carbocycles. The van der Waals surface area contributed by atoms with Crippen LogP contribution in [-0.4, -0.2) is 38.0 Å². The Kier molecular flexibility index (Phi) is 6.50. The summed E-state index contributed by atoms with van der Waals surface area (Å²) >= 11 is 12.4. The molecule has 0 aliphatic rings. The molecule has 8 nitrogen and oxygen atoms in total. The summed E-state index contributed by atoms with van der Waals surface area (Å²) in [7, 11) is 0. The van der Waals surface area contributed by atoms with Gasteiger partial charge in [-0.3, -0.25) is 0 Å². The molecule has 0 unspecified atom stereocenters. The van der Waals surface area contributed by atoms with Crippen LogP contribution in [0, 0.1) is 18.3 Å². The fourth-order valence-electron chi connectivity index (χ4n) is 3.03. The third-order valence-corrected chi connectivity index (χ3v) is 4.93. The second-order valence-electron chi connectivity index (χ2n) is 6.93. The lowest BCUT2D eigenvalue weighted by Gasteiger charge is -2.12. The number of rotatable bonds is 7. The molecule has 0 fully saturated rings. The molecule has 4 aromatic rings. The normalized spacial score (nSPS) is 10.6. The summed E-state index contributed by atoms with van der Waals surface area (Å²) in [5.41, 5.74) is 3.60. The third-order valence-electron chi connectivity index (χ3n) is 4.49. The molecule has 0 spiro atoms. The first kappa shape index (κ1) is 21.6. The Balaban J connectivity index is 1.53. The lowest BCUT2D eigenvalue weighted by Crippen LogP contribution is -2.16. The number of nitriles is 1. The maximum atomic E-state index is 8.84. The van der Waals surface area contributed by atoms with E-state index < -0.39 is 0 Å². The standard InChI is InChI=1S/C22H18Cl2N8/c1-13-10-29-21(31-13)18-12-30-22(32-20(18)15-6-16(23)8-17(24)7-15)27-5-4-26-19-3-2-14(9-25)11-28-19/h2-3,6-8,10-12H,4-5H2,1H3,(H,26,28)(H,29,31)(H,27,30,32). The van der Waals surface area contributed by atoms with Crippen LogP contribution < -0.4 is 10.6 Å². The Morgan fingerprint density at radius 1 is 0.969 bits per heavy atom. The number of benzene rings is 1. The minimum atomic E-state index is 0.456. The zero-order valence-electron chi connectivity index (χ0n) is 17.0. The second-order valence-corrected chi connectivity index (χ2v) is 7.80. The number of aryl methyl sites for hydroxylation is 1. The molecule has 0 radical (unpaired) electrons. The summed E-state index contributed by atoms with van der Waals surface area (Å²) in [6.45, 7) is 3.06. The van der Waals surface area contributed by atoms with Crippen LogP contribution in [0.25, 0.3) is 22.6 Å². The average molecular weight is 465 g/mol. The van der Waals surface area contributed by atoms with Gasteiger partial charge in [0.1, 0.15) is 17.7 Å². The molecule has 0 atom stereocenters. The molecule has 0 saturated heterocycles. The highest BCUT2D eigenvalue weighted by Crippen LogP contribution is 2.32. The van der Waals surface area contributed by atoms with Crippen molar-refractivity contribution in [2.24, 2.45) is 0 Å². The first-order valence-electron chi connectivity index (χ1n) is 9.71. The highest BCUT2D eigenvalue weighted by Gasteiger charge is 2.15. The molecule has 3 N–H and O–H groups in total. The van der Waals surface area contributed by atoms with Crippen LogP contribution in [0.5, 0.6) is 0 Å². The van der Waals surface area contributed by atoms with Gasteiger partial charge in [0.2, 0.25) is 5.95 Å². The van der Waals surface area contributed by atoms with E-state index >= 15 is 0 Å². The van der Waals surface area contributed by atoms with Crippen LogP contribution >= 0.6 is 23.2 Å². The molecular formula is C22H18Cl2N8. The Morgan fingerprint density at radius 3 is 2.41 bits per heavy atom. The molecular weight excluding hydrogens is 447 g/mol. The van der Waals surface area contributed by atoms with Gasteiger partial charge in [0.25, 0.3) is 0 Å². The van der Waals surface area contributed by atoms with E-state index in [1.807, 2.05) is 13.0 Å². The predicted octanol–water partition coefficient (Wildman–Crippen LogP) is 4.94. The van der Waals surface area contributed by atoms with Crippen molar-refractivity contribution < 1.29 is 0 Å². The van der Waals surface area contributed by atoms with Gasteiger partial charge in [-0.25, -0.2) is 19.9 Å². The Morgan fingerprint density at radius 2 is 1.75 bits per heavy atom. The third kappa shape index (κ3) is 5.14. The van der Waals surface area contributed by atoms with E-state index in [9.17, 15) is 0 Å². The zero-order valence-corrected chi connectivity index (χ0v) is 18.5. The number of hydrogen-bond acceptors (Lipinski definition) is 7. The van der Waals surface area contributed by atoms with E-state index in [1.165, 1.54) is 6.20 Å². The lowest BCUT2D eigenvalue weighted by atomic mass is 10.1. The van der Waals surface area contributed by atoms with Crippen molar-refractivity contribution in [3.8, 4) is 28.7 Å². The molecule has 160 valence electrons. The highest BCUT2D eigenvalue weighted by atomic mass is 35.5. The van der Waals surface area contributed by atoms with Gasteiger partial charge in [-0.1, -0.05) is 23.2 Å². The van der Waals surface area contributed by atoms with E-state index in [0.717, 1.165) is 16.8 Å². The minimum Gasteiger partial charge on any atom is -0.368 e. The van der Waals surface area contributed by atoms with Crippen LogP contribution in [0.2, 0.25) is 10.0 Å². The van der Waals surface area contributed by atoms with Crippen molar-refractivity contribution in [2.45, 2.75) is 6.92 Å². The molecule has 3 aromatic heterocycles. The zero-order chi connectivity index (χ0) is 22.5. The number of nitrogens with zero attached hydrogens (tertiary/aromatic N) is 5. The highest BCUT2D eigenvalue weighted by molar-refractivity contribution is 6.35. The molecule has 0 aliphatic heterocycles. The summed E-state index contributed by atoms with van der Waals surface area (Å²) in [6.07, 6.45) is 4.99. The van der Waals surface area contributed by atoms with Crippen molar-refractivity contribution >= 4 is 35.0 Å². The Bertz CT molecular complexity index is 1260. The Hall–Kier alpha value is -3.67. The number of H-pyrrole nitrogens is 1. The summed E-state index contributed by atoms with van der Waals surface area (Å²) in [5, 5.41) is 16.3. The monoisotopic (exact) mass is 464 g/mol. The maximum Gasteiger partial charge on any atom is 0.223 e. The number of aromatic nitrogens is 5. The van der Waals surface area contributed by atoms with Gasteiger partial charge in [0, 0.05) is 53.0 Å². The van der Waals surface area contributed by atoms with Crippen LogP contribution in [-0.2, 0) is 0 Å². The number of imidazole rings is 1.